The molecule has 0 bridgehead atoms. The number of carbonyl (C=O) groups is 2. The molecule has 14 heteroatoms. The van der Waals surface area contributed by atoms with Crippen LogP contribution in [0.3, 0.4) is 0 Å². The normalized spacial score (nSPS) is 14.6. The molecular weight excluding hydrogens is 590 g/mol. The van der Waals surface area contributed by atoms with Gasteiger partial charge in [-0.1, -0.05) is 44.2 Å². The predicted octanol–water partition coefficient (Wildman–Crippen LogP) is 2.47. The van der Waals surface area contributed by atoms with Crippen molar-refractivity contribution in [2.45, 2.75) is 45.1 Å². The average Bonchev–Trinajstić information content (AvgIpc) is 3.40. The lowest BCUT2D eigenvalue weighted by molar-refractivity contribution is -0.135. The van der Waals surface area contributed by atoms with Crippen LogP contribution in [0, 0.1) is 23.5 Å². The Morgan fingerprint density at radius 2 is 1.64 bits per heavy atom. The lowest BCUT2D eigenvalue weighted by atomic mass is 9.83. The summed E-state index contributed by atoms with van der Waals surface area (Å²) in [7, 11) is -2.38. The molecule has 0 radical (unpaired) electrons. The summed E-state index contributed by atoms with van der Waals surface area (Å²) in [5.41, 5.74) is 0.726. The number of aromatic nitrogens is 1. The van der Waals surface area contributed by atoms with Crippen molar-refractivity contribution in [3.63, 3.8) is 0 Å². The Morgan fingerprint density at radius 1 is 1.02 bits per heavy atom. The Kier molecular flexibility index (Phi) is 11.1. The molecule has 3 aromatic rings. The van der Waals surface area contributed by atoms with Crippen molar-refractivity contribution < 1.29 is 37.0 Å². The van der Waals surface area contributed by atoms with Gasteiger partial charge in [-0.15, -0.1) is 11.3 Å². The molecule has 10 nitrogen and oxygen atoms in total. The van der Waals surface area contributed by atoms with Gasteiger partial charge in [0.25, 0.3) is 5.91 Å². The quantitative estimate of drug-likeness (QED) is 0.228. The number of aliphatic hydroxyl groups excluding tert-OH is 2. The summed E-state index contributed by atoms with van der Waals surface area (Å²) in [6, 6.07) is 10.5. The van der Waals surface area contributed by atoms with Gasteiger partial charge in [-0.2, -0.15) is 0 Å². The smallest absolute Gasteiger partial charge is 0.271 e. The minimum atomic E-state index is -3.65. The number of benzene rings is 2. The van der Waals surface area contributed by atoms with Crippen molar-refractivity contribution in [2.75, 3.05) is 17.6 Å². The molecule has 3 rings (SSSR count). The predicted molar refractivity (Wildman–Crippen MR) is 155 cm³/mol. The summed E-state index contributed by atoms with van der Waals surface area (Å²) in [4.78, 5) is 30.3. The van der Waals surface area contributed by atoms with Gasteiger partial charge < -0.3 is 20.8 Å². The van der Waals surface area contributed by atoms with Crippen LogP contribution >= 0.6 is 11.3 Å². The molecular formula is C28H34F2N4O6S2. The van der Waals surface area contributed by atoms with Crippen LogP contribution in [0.2, 0.25) is 0 Å². The van der Waals surface area contributed by atoms with Crippen LogP contribution in [-0.2, 0) is 27.8 Å². The molecule has 0 spiro atoms. The number of amides is 2. The molecule has 42 heavy (non-hydrogen) atoms. The van der Waals surface area contributed by atoms with Crippen molar-refractivity contribution in [1.82, 2.24) is 15.6 Å². The van der Waals surface area contributed by atoms with Crippen LogP contribution in [0.5, 0.6) is 0 Å². The van der Waals surface area contributed by atoms with E-state index >= 15 is 0 Å². The molecule has 0 aliphatic heterocycles. The molecule has 2 amide bonds. The van der Waals surface area contributed by atoms with E-state index in [9.17, 15) is 37.0 Å². The van der Waals surface area contributed by atoms with Gasteiger partial charge in [-0.3, -0.25) is 9.59 Å². The summed E-state index contributed by atoms with van der Waals surface area (Å²) in [6.45, 7) is 3.56. The summed E-state index contributed by atoms with van der Waals surface area (Å²) in [5, 5.41) is 29.1. The Balaban J connectivity index is 1.86. The summed E-state index contributed by atoms with van der Waals surface area (Å²) in [5.74, 6) is -4.67. The first-order valence-corrected chi connectivity index (χ1v) is 15.7. The lowest BCUT2D eigenvalue weighted by Gasteiger charge is -2.33. The van der Waals surface area contributed by atoms with Crippen LogP contribution in [0.15, 0.2) is 53.9 Å². The minimum Gasteiger partial charge on any atom is -0.390 e. The van der Waals surface area contributed by atoms with Gasteiger partial charge in [0.15, 0.2) is 5.13 Å². The molecule has 4 atom stereocenters. The fourth-order valence-corrected chi connectivity index (χ4v) is 5.88. The van der Waals surface area contributed by atoms with E-state index in [-0.39, 0.29) is 29.4 Å². The van der Waals surface area contributed by atoms with Crippen molar-refractivity contribution >= 4 is 38.3 Å². The number of hydrogen-bond donors (Lipinski definition) is 4. The second-order valence-electron chi connectivity index (χ2n) is 10.3. The monoisotopic (exact) mass is 624 g/mol. The van der Waals surface area contributed by atoms with E-state index in [1.54, 1.807) is 13.8 Å². The fourth-order valence-electron chi connectivity index (χ4n) is 4.34. The molecule has 2 aromatic carbocycles. The van der Waals surface area contributed by atoms with Crippen LogP contribution in [-0.4, -0.2) is 67.0 Å². The number of nitrogens with zero attached hydrogens (tertiary/aromatic N) is 2. The number of aliphatic hydroxyl groups is 2. The highest BCUT2D eigenvalue weighted by Crippen LogP contribution is 2.24. The van der Waals surface area contributed by atoms with E-state index in [2.05, 4.69) is 15.6 Å². The third kappa shape index (κ3) is 8.77. The SMILES string of the molecule is CC(C)C(C(=O)NCc1ccccc1)C(O)C(O)C(Cc1cc(F)cc(F)c1)NC(=O)c1csc(N(C)S(C)(=O)=O)n1. The second kappa shape index (κ2) is 14.1. The molecule has 0 aliphatic carbocycles. The first-order valence-electron chi connectivity index (χ1n) is 13.0. The van der Waals surface area contributed by atoms with Crippen LogP contribution in [0.4, 0.5) is 13.9 Å². The Hall–Kier alpha value is -3.46. The van der Waals surface area contributed by atoms with Crippen molar-refractivity contribution in [2.24, 2.45) is 11.8 Å². The molecule has 1 heterocycles. The average molecular weight is 625 g/mol. The van der Waals surface area contributed by atoms with E-state index in [4.69, 9.17) is 0 Å². The maximum absolute atomic E-state index is 14.0. The Bertz CT molecular complexity index is 1470. The van der Waals surface area contributed by atoms with Crippen molar-refractivity contribution in [3.8, 4) is 0 Å². The van der Waals surface area contributed by atoms with E-state index in [1.807, 2.05) is 30.3 Å². The van der Waals surface area contributed by atoms with Crippen molar-refractivity contribution in [3.05, 3.63) is 82.4 Å². The summed E-state index contributed by atoms with van der Waals surface area (Å²) >= 11 is 0.890. The number of sulfonamides is 1. The number of halogens is 2. The van der Waals surface area contributed by atoms with Crippen molar-refractivity contribution in [1.29, 1.82) is 0 Å². The zero-order valence-corrected chi connectivity index (χ0v) is 25.1. The highest BCUT2D eigenvalue weighted by atomic mass is 32.2. The molecule has 0 saturated heterocycles. The molecule has 0 saturated carbocycles. The van der Waals surface area contributed by atoms with Gasteiger partial charge in [0.05, 0.1) is 24.3 Å². The van der Waals surface area contributed by atoms with E-state index in [0.717, 1.165) is 39.6 Å². The molecule has 4 unspecified atom stereocenters. The maximum Gasteiger partial charge on any atom is 0.271 e. The number of hydrogen-bond acceptors (Lipinski definition) is 8. The Labute approximate surface area is 247 Å². The topological polar surface area (TPSA) is 149 Å². The van der Waals surface area contributed by atoms with Gasteiger partial charge in [-0.25, -0.2) is 26.5 Å². The molecule has 1 aromatic heterocycles. The number of carbonyl (C=O) groups excluding carboxylic acids is 2. The number of rotatable bonds is 13. The summed E-state index contributed by atoms with van der Waals surface area (Å²) < 4.78 is 52.5. The first-order chi connectivity index (χ1) is 19.7. The Morgan fingerprint density at radius 3 is 2.21 bits per heavy atom. The second-order valence-corrected chi connectivity index (χ2v) is 13.1. The zero-order valence-electron chi connectivity index (χ0n) is 23.5. The van der Waals surface area contributed by atoms with Gasteiger partial charge in [0.2, 0.25) is 15.9 Å². The molecule has 0 fully saturated rings. The van der Waals surface area contributed by atoms with Crippen LogP contribution in [0.1, 0.15) is 35.5 Å². The highest BCUT2D eigenvalue weighted by molar-refractivity contribution is 7.92. The third-order valence-electron chi connectivity index (χ3n) is 6.65. The minimum absolute atomic E-state index is 0.0157. The first kappa shape index (κ1) is 33.0. The molecule has 4 N–H and O–H groups in total. The highest BCUT2D eigenvalue weighted by Gasteiger charge is 2.39. The summed E-state index contributed by atoms with van der Waals surface area (Å²) in [6.07, 6.45) is -2.78. The van der Waals surface area contributed by atoms with E-state index < -0.39 is 63.6 Å². The van der Waals surface area contributed by atoms with E-state index in [1.165, 1.54) is 12.4 Å². The fraction of sp³-hybridized carbons (Fsp3) is 0.393. The lowest BCUT2D eigenvalue weighted by Crippen LogP contribution is -2.55. The van der Waals surface area contributed by atoms with Gasteiger partial charge >= 0.3 is 0 Å². The van der Waals surface area contributed by atoms with Gasteiger partial charge in [0, 0.05) is 25.0 Å². The molecule has 228 valence electrons. The third-order valence-corrected chi connectivity index (χ3v) is 8.85. The molecule has 0 aliphatic rings. The zero-order chi connectivity index (χ0) is 31.2. The van der Waals surface area contributed by atoms with Gasteiger partial charge in [-0.05, 0) is 35.6 Å². The largest absolute Gasteiger partial charge is 0.390 e. The maximum atomic E-state index is 14.0. The number of anilines is 1. The van der Waals surface area contributed by atoms with Gasteiger partial charge in [0.1, 0.15) is 23.4 Å². The van der Waals surface area contributed by atoms with Crippen LogP contribution in [0.25, 0.3) is 0 Å². The van der Waals surface area contributed by atoms with Crippen LogP contribution < -0.4 is 14.9 Å². The number of nitrogens with one attached hydrogen (secondary N) is 2. The number of thiazole rings is 1. The standard InChI is InChI=1S/C28H34F2N4O6S2/c1-16(2)23(27(38)31-14-17-8-6-5-7-9-17)25(36)24(35)21(12-18-10-19(29)13-20(30)11-18)32-26(37)22-15-41-28(33-22)34(3)42(4,39)40/h5-11,13,15-16,21,23-25,35-36H,12,14H2,1-4H3,(H,31,38)(H,32,37). The van der Waals surface area contributed by atoms with E-state index in [0.29, 0.717) is 6.07 Å².